The van der Waals surface area contributed by atoms with Gasteiger partial charge in [-0.2, -0.15) is 0 Å². The molecule has 0 saturated carbocycles. The van der Waals surface area contributed by atoms with E-state index in [9.17, 15) is 9.59 Å². The molecule has 0 unspecified atom stereocenters. The number of hydrogen-bond acceptors (Lipinski definition) is 8. The van der Waals surface area contributed by atoms with Gasteiger partial charge in [0.2, 0.25) is 0 Å². The Kier molecular flexibility index (Phi) is 9.89. The standard InChI is InChI=1S/C27H24N4O4S2.ClH/c1-2-34-23(32)14-15-31(19-6-4-3-5-7-19)27(33)35-20-12-13-22-21(16-20)30-26(37-22)24(36)17-8-10-18(11-9-17)25(28)29;/h3-13,16H,2,14-15H2,1H3,(H3,28,29);1H. The van der Waals surface area contributed by atoms with Crippen molar-refractivity contribution in [2.24, 2.45) is 5.73 Å². The first-order valence-electron chi connectivity index (χ1n) is 11.5. The van der Waals surface area contributed by atoms with E-state index in [1.165, 1.54) is 16.2 Å². The fourth-order valence-electron chi connectivity index (χ4n) is 3.52. The lowest BCUT2D eigenvalue weighted by atomic mass is 10.1. The van der Waals surface area contributed by atoms with Gasteiger partial charge in [-0.1, -0.05) is 54.7 Å². The van der Waals surface area contributed by atoms with Crippen LogP contribution < -0.4 is 15.4 Å². The van der Waals surface area contributed by atoms with Crippen molar-refractivity contribution in [1.29, 1.82) is 5.41 Å². The molecule has 1 heterocycles. The van der Waals surface area contributed by atoms with Crippen LogP contribution in [-0.4, -0.2) is 40.9 Å². The van der Waals surface area contributed by atoms with Crippen LogP contribution in [0.5, 0.6) is 5.75 Å². The molecule has 0 fully saturated rings. The lowest BCUT2D eigenvalue weighted by Gasteiger charge is -2.21. The molecule has 0 aliphatic rings. The first kappa shape index (κ1) is 28.7. The quantitative estimate of drug-likeness (QED) is 0.0870. The number of hydrogen-bond donors (Lipinski definition) is 2. The Bertz CT molecular complexity index is 1460. The number of nitrogen functional groups attached to an aromatic ring is 1. The van der Waals surface area contributed by atoms with Gasteiger partial charge in [-0.05, 0) is 36.8 Å². The second-order valence-electron chi connectivity index (χ2n) is 7.88. The number of thiazole rings is 1. The lowest BCUT2D eigenvalue weighted by molar-refractivity contribution is -0.142. The number of thiocarbonyl (C=S) groups is 1. The number of benzene rings is 3. The Labute approximate surface area is 235 Å². The molecule has 1 aromatic heterocycles. The van der Waals surface area contributed by atoms with E-state index in [0.717, 1.165) is 10.3 Å². The number of halogens is 1. The largest absolute Gasteiger partial charge is 0.466 e. The summed E-state index contributed by atoms with van der Waals surface area (Å²) in [6.07, 6.45) is -0.580. The predicted octanol–water partition coefficient (Wildman–Crippen LogP) is 5.73. The minimum atomic E-state index is -0.619. The Morgan fingerprint density at radius 2 is 1.74 bits per heavy atom. The average Bonchev–Trinajstić information content (AvgIpc) is 3.33. The summed E-state index contributed by atoms with van der Waals surface area (Å²) in [4.78, 5) is 31.6. The molecular formula is C27H25ClN4O4S2. The molecule has 11 heteroatoms. The van der Waals surface area contributed by atoms with Crippen LogP contribution >= 0.6 is 36.0 Å². The number of rotatable bonds is 9. The van der Waals surface area contributed by atoms with Gasteiger partial charge in [-0.15, -0.1) is 23.7 Å². The van der Waals surface area contributed by atoms with Gasteiger partial charge < -0.3 is 15.2 Å². The first-order valence-corrected chi connectivity index (χ1v) is 12.7. The average molecular weight is 569 g/mol. The number of fused-ring (bicyclic) bond motifs is 1. The third kappa shape index (κ3) is 6.91. The normalized spacial score (nSPS) is 10.3. The number of anilines is 1. The summed E-state index contributed by atoms with van der Waals surface area (Å²) in [5.41, 5.74) is 8.19. The maximum Gasteiger partial charge on any atom is 0.419 e. The van der Waals surface area contributed by atoms with Crippen LogP contribution in [0.4, 0.5) is 10.5 Å². The van der Waals surface area contributed by atoms with Crippen molar-refractivity contribution in [2.45, 2.75) is 13.3 Å². The third-order valence-corrected chi connectivity index (χ3v) is 6.96. The van der Waals surface area contributed by atoms with Gasteiger partial charge in [0.15, 0.2) is 0 Å². The van der Waals surface area contributed by atoms with Crippen LogP contribution in [0.1, 0.15) is 29.5 Å². The summed E-state index contributed by atoms with van der Waals surface area (Å²) in [6, 6.07) is 21.3. The smallest absolute Gasteiger partial charge is 0.419 e. The van der Waals surface area contributed by atoms with Gasteiger partial charge in [0.25, 0.3) is 0 Å². The number of carbonyl (C=O) groups is 2. The SMILES string of the molecule is CCOC(=O)CCN(C(=O)Oc1ccc2sc(C(=S)c3ccc(C(=N)N)cc3)nc2c1)c1ccccc1.Cl. The fraction of sp³-hybridized carbons (Fsp3) is 0.148. The highest BCUT2D eigenvalue weighted by atomic mass is 35.5. The molecule has 0 atom stereocenters. The Morgan fingerprint density at radius 3 is 2.39 bits per heavy atom. The molecule has 196 valence electrons. The zero-order chi connectivity index (χ0) is 26.4. The van der Waals surface area contributed by atoms with E-state index in [1.54, 1.807) is 55.5 Å². The number of carbonyl (C=O) groups excluding carboxylic acids is 2. The minimum absolute atomic E-state index is 0. The van der Waals surface area contributed by atoms with Gasteiger partial charge >= 0.3 is 12.1 Å². The number of amidine groups is 1. The number of aromatic nitrogens is 1. The Morgan fingerprint density at radius 1 is 1.05 bits per heavy atom. The number of esters is 1. The second kappa shape index (κ2) is 13.1. The number of para-hydroxylation sites is 1. The number of nitrogens with zero attached hydrogens (tertiary/aromatic N) is 2. The van der Waals surface area contributed by atoms with Gasteiger partial charge in [0.05, 0.1) is 28.1 Å². The third-order valence-electron chi connectivity index (χ3n) is 5.35. The highest BCUT2D eigenvalue weighted by Gasteiger charge is 2.20. The number of nitrogens with two attached hydrogens (primary N) is 1. The van der Waals surface area contributed by atoms with Crippen LogP contribution in [0.3, 0.4) is 0 Å². The van der Waals surface area contributed by atoms with Crippen molar-refractivity contribution in [3.63, 3.8) is 0 Å². The van der Waals surface area contributed by atoms with E-state index < -0.39 is 6.09 Å². The van der Waals surface area contributed by atoms with E-state index >= 15 is 0 Å². The van der Waals surface area contributed by atoms with Crippen molar-refractivity contribution >= 4 is 74.6 Å². The minimum Gasteiger partial charge on any atom is -0.466 e. The molecule has 0 spiro atoms. The molecule has 1 amide bonds. The van der Waals surface area contributed by atoms with Crippen molar-refractivity contribution < 1.29 is 19.1 Å². The highest BCUT2D eigenvalue weighted by molar-refractivity contribution is 7.81. The summed E-state index contributed by atoms with van der Waals surface area (Å²) in [5.74, 6) is -0.0750. The van der Waals surface area contributed by atoms with E-state index in [0.29, 0.717) is 32.4 Å². The van der Waals surface area contributed by atoms with Crippen LogP contribution in [-0.2, 0) is 9.53 Å². The van der Waals surface area contributed by atoms with Gasteiger partial charge in [0.1, 0.15) is 16.6 Å². The molecule has 4 rings (SSSR count). The van der Waals surface area contributed by atoms with E-state index in [2.05, 4.69) is 4.98 Å². The first-order chi connectivity index (χ1) is 17.9. The summed E-state index contributed by atoms with van der Waals surface area (Å²) in [5, 5.41) is 8.19. The number of amides is 1. The molecule has 38 heavy (non-hydrogen) atoms. The Balaban J connectivity index is 0.00000400. The lowest BCUT2D eigenvalue weighted by Crippen LogP contribution is -2.35. The van der Waals surface area contributed by atoms with E-state index in [-0.39, 0.29) is 43.8 Å². The molecule has 0 aliphatic carbocycles. The molecule has 0 bridgehead atoms. The van der Waals surface area contributed by atoms with Crippen LogP contribution in [0.2, 0.25) is 0 Å². The summed E-state index contributed by atoms with van der Waals surface area (Å²) >= 11 is 7.07. The van der Waals surface area contributed by atoms with Crippen LogP contribution in [0, 0.1) is 5.41 Å². The maximum absolute atomic E-state index is 13.1. The molecule has 0 saturated heterocycles. The monoisotopic (exact) mass is 568 g/mol. The maximum atomic E-state index is 13.1. The molecule has 4 aromatic rings. The molecule has 8 nitrogen and oxygen atoms in total. The van der Waals surface area contributed by atoms with Gasteiger partial charge in [-0.3, -0.25) is 15.1 Å². The molecular weight excluding hydrogens is 544 g/mol. The van der Waals surface area contributed by atoms with Gasteiger partial charge in [0, 0.05) is 23.9 Å². The summed E-state index contributed by atoms with van der Waals surface area (Å²) in [7, 11) is 0. The van der Waals surface area contributed by atoms with Crippen molar-refractivity contribution in [1.82, 2.24) is 4.98 Å². The second-order valence-corrected chi connectivity index (χ2v) is 9.32. The molecule has 3 aromatic carbocycles. The zero-order valence-electron chi connectivity index (χ0n) is 20.4. The molecule has 0 aliphatic heterocycles. The predicted molar refractivity (Wildman–Crippen MR) is 156 cm³/mol. The Hall–Kier alpha value is -3.86. The topological polar surface area (TPSA) is 119 Å². The van der Waals surface area contributed by atoms with Crippen molar-refractivity contribution in [3.8, 4) is 5.75 Å². The van der Waals surface area contributed by atoms with Crippen molar-refractivity contribution in [3.05, 3.63) is 88.9 Å². The molecule has 3 N–H and O–H groups in total. The fourth-order valence-corrected chi connectivity index (χ4v) is 4.73. The zero-order valence-corrected chi connectivity index (χ0v) is 22.8. The van der Waals surface area contributed by atoms with Crippen molar-refractivity contribution in [2.75, 3.05) is 18.1 Å². The van der Waals surface area contributed by atoms with Crippen LogP contribution in [0.25, 0.3) is 10.2 Å². The number of ether oxygens (including phenoxy) is 2. The highest BCUT2D eigenvalue weighted by Crippen LogP contribution is 2.28. The molecule has 0 radical (unpaired) electrons. The number of nitrogens with one attached hydrogen (secondary N) is 1. The van der Waals surface area contributed by atoms with Gasteiger partial charge in [-0.25, -0.2) is 9.78 Å². The summed E-state index contributed by atoms with van der Waals surface area (Å²) in [6.45, 7) is 2.12. The van der Waals surface area contributed by atoms with E-state index in [1.807, 2.05) is 24.3 Å². The van der Waals surface area contributed by atoms with Crippen LogP contribution in [0.15, 0.2) is 72.8 Å². The van der Waals surface area contributed by atoms with E-state index in [4.69, 9.17) is 32.8 Å². The summed E-state index contributed by atoms with van der Waals surface area (Å²) < 4.78 is 11.5.